The highest BCUT2D eigenvalue weighted by atomic mass is 32.2. The van der Waals surface area contributed by atoms with E-state index in [1.165, 1.54) is 27.3 Å². The predicted octanol–water partition coefficient (Wildman–Crippen LogP) is 1.89. The summed E-state index contributed by atoms with van der Waals surface area (Å²) in [4.78, 5) is 17.3. The van der Waals surface area contributed by atoms with Crippen LogP contribution in [0.25, 0.3) is 0 Å². The lowest BCUT2D eigenvalue weighted by Crippen LogP contribution is -2.39. The van der Waals surface area contributed by atoms with Gasteiger partial charge in [0.1, 0.15) is 5.75 Å². The molecule has 12 heteroatoms. The van der Waals surface area contributed by atoms with Crippen LogP contribution in [0.2, 0.25) is 0 Å². The van der Waals surface area contributed by atoms with Crippen LogP contribution >= 0.6 is 0 Å². The predicted molar refractivity (Wildman–Crippen MR) is 141 cm³/mol. The molecule has 4 N–H and O–H groups in total. The molecule has 4 unspecified atom stereocenters. The van der Waals surface area contributed by atoms with Gasteiger partial charge in [-0.2, -0.15) is 4.98 Å². The Hall–Kier alpha value is -2.93. The number of hydrogen-bond donors (Lipinski definition) is 4. The molecule has 6 atom stereocenters. The summed E-state index contributed by atoms with van der Waals surface area (Å²) in [5.74, 6) is 2.21. The fourth-order valence-corrected chi connectivity index (χ4v) is 7.52. The number of carbonyl (C=O) groups excluding carboxylic acids is 1. The Morgan fingerprint density at radius 1 is 1.11 bits per heavy atom. The molecule has 1 saturated heterocycles. The monoisotopic (exact) mass is 542 g/mol. The molecule has 1 spiro atoms. The van der Waals surface area contributed by atoms with Crippen LogP contribution in [0.1, 0.15) is 31.2 Å². The van der Waals surface area contributed by atoms with E-state index in [2.05, 4.69) is 26.5 Å². The Morgan fingerprint density at radius 2 is 1.92 bits per heavy atom. The van der Waals surface area contributed by atoms with Crippen molar-refractivity contribution < 1.29 is 22.7 Å². The number of rotatable bonds is 7. The summed E-state index contributed by atoms with van der Waals surface area (Å²) < 4.78 is 36.9. The highest BCUT2D eigenvalue weighted by Gasteiger charge is 2.67. The summed E-state index contributed by atoms with van der Waals surface area (Å²) in [6, 6.07) is 9.29. The minimum absolute atomic E-state index is 0.0608. The molecule has 0 bridgehead atoms. The van der Waals surface area contributed by atoms with Crippen LogP contribution in [-0.2, 0) is 20.2 Å². The second kappa shape index (κ2) is 9.08. The van der Waals surface area contributed by atoms with E-state index < -0.39 is 15.4 Å². The average molecular weight is 543 g/mol. The molecule has 204 valence electrons. The normalized spacial score (nSPS) is 31.6. The maximum atomic E-state index is 13.1. The van der Waals surface area contributed by atoms with Crippen molar-refractivity contribution in [1.82, 2.24) is 20.1 Å². The Bertz CT molecular complexity index is 1380. The first-order valence-electron chi connectivity index (χ1n) is 12.9. The lowest BCUT2D eigenvalue weighted by molar-refractivity contribution is -0.118. The first-order chi connectivity index (χ1) is 18.2. The summed E-state index contributed by atoms with van der Waals surface area (Å²) in [7, 11) is 2.41. The summed E-state index contributed by atoms with van der Waals surface area (Å²) in [5, 5.41) is 6.49. The van der Waals surface area contributed by atoms with Crippen molar-refractivity contribution in [3.63, 3.8) is 0 Å². The van der Waals surface area contributed by atoms with Gasteiger partial charge in [0.15, 0.2) is 5.03 Å². The fraction of sp³-hybridized carbons (Fsp3) is 0.538. The SMILES string of the molecule is COc1ccc2c(c1)[C@]1(C[C@H]1C1CCC3C(C1)NNC3Nc1ccc(S(=O)(=O)N(C)C)nc1OC)C(=O)N2. The molecule has 2 aliphatic heterocycles. The van der Waals surface area contributed by atoms with Crippen LogP contribution in [0.15, 0.2) is 35.4 Å². The van der Waals surface area contributed by atoms with Crippen molar-refractivity contribution in [2.75, 3.05) is 38.9 Å². The highest BCUT2D eigenvalue weighted by molar-refractivity contribution is 7.89. The summed E-state index contributed by atoms with van der Waals surface area (Å²) in [6.07, 6.45) is 3.82. The van der Waals surface area contributed by atoms with Gasteiger partial charge in [-0.3, -0.25) is 10.2 Å². The first-order valence-corrected chi connectivity index (χ1v) is 14.4. The van der Waals surface area contributed by atoms with Crippen molar-refractivity contribution >= 4 is 27.3 Å². The van der Waals surface area contributed by atoms with Crippen molar-refractivity contribution in [2.24, 2.45) is 17.8 Å². The molecule has 2 aliphatic carbocycles. The molecule has 3 fully saturated rings. The maximum absolute atomic E-state index is 13.1. The number of nitrogens with one attached hydrogen (secondary N) is 4. The first kappa shape index (κ1) is 25.4. The van der Waals surface area contributed by atoms with Crippen LogP contribution in [0.4, 0.5) is 11.4 Å². The topological polar surface area (TPSA) is 134 Å². The number of benzene rings is 1. The average Bonchev–Trinajstić information content (AvgIpc) is 3.46. The minimum atomic E-state index is -3.67. The largest absolute Gasteiger partial charge is 0.497 e. The molecule has 1 amide bonds. The van der Waals surface area contributed by atoms with Crippen molar-refractivity contribution in [2.45, 2.75) is 48.3 Å². The lowest BCUT2D eigenvalue weighted by atomic mass is 9.74. The van der Waals surface area contributed by atoms with E-state index in [1.807, 2.05) is 18.2 Å². The van der Waals surface area contributed by atoms with E-state index in [-0.39, 0.29) is 29.0 Å². The molecule has 11 nitrogen and oxygen atoms in total. The van der Waals surface area contributed by atoms with Gasteiger partial charge in [-0.15, -0.1) is 0 Å². The molecular formula is C26H34N6O5S. The van der Waals surface area contributed by atoms with Crippen molar-refractivity contribution in [3.8, 4) is 11.6 Å². The number of amides is 1. The number of carbonyl (C=O) groups is 1. The van der Waals surface area contributed by atoms with E-state index >= 15 is 0 Å². The second-order valence-electron chi connectivity index (χ2n) is 10.9. The number of nitrogens with zero attached hydrogens (tertiary/aromatic N) is 2. The molecule has 1 aromatic carbocycles. The van der Waals surface area contributed by atoms with Gasteiger partial charge in [-0.05, 0) is 73.4 Å². The zero-order chi connectivity index (χ0) is 26.8. The Balaban J connectivity index is 1.14. The standard InChI is InChI=1S/C26H34N6O5S/c1-32(2)38(34,35)22-10-9-20(24(29-22)37-4)27-23-16-7-5-14(11-21(16)30-31-23)18-13-26(18)17-12-15(36-3)6-8-19(17)28-25(26)33/h6,8-10,12,14,16,18,21,23,27,30-31H,5,7,11,13H2,1-4H3,(H,28,33)/t14?,16?,18-,21?,23?,26-/m0/s1. The Labute approximate surface area is 222 Å². The van der Waals surface area contributed by atoms with Crippen molar-refractivity contribution in [3.05, 3.63) is 35.9 Å². The third kappa shape index (κ3) is 3.84. The van der Waals surface area contributed by atoms with Crippen LogP contribution in [0.3, 0.4) is 0 Å². The van der Waals surface area contributed by atoms with E-state index in [4.69, 9.17) is 9.47 Å². The zero-order valence-corrected chi connectivity index (χ0v) is 22.8. The summed E-state index contributed by atoms with van der Waals surface area (Å²) in [6.45, 7) is 0. The van der Waals surface area contributed by atoms with E-state index in [1.54, 1.807) is 13.2 Å². The molecule has 0 radical (unpaired) electrons. The third-order valence-corrected chi connectivity index (χ3v) is 10.5. The van der Waals surface area contributed by atoms with Crippen LogP contribution in [-0.4, -0.2) is 64.1 Å². The number of aromatic nitrogens is 1. The molecule has 2 saturated carbocycles. The van der Waals surface area contributed by atoms with Gasteiger partial charge in [0, 0.05) is 31.7 Å². The van der Waals surface area contributed by atoms with Crippen molar-refractivity contribution in [1.29, 1.82) is 0 Å². The van der Waals surface area contributed by atoms with Gasteiger partial charge in [-0.1, -0.05) is 0 Å². The van der Waals surface area contributed by atoms with Crippen LogP contribution in [0, 0.1) is 17.8 Å². The van der Waals surface area contributed by atoms with E-state index in [0.29, 0.717) is 23.4 Å². The molecule has 38 heavy (non-hydrogen) atoms. The number of sulfonamides is 1. The molecule has 6 rings (SSSR count). The highest BCUT2D eigenvalue weighted by Crippen LogP contribution is 2.65. The zero-order valence-electron chi connectivity index (χ0n) is 21.9. The Morgan fingerprint density at radius 3 is 2.66 bits per heavy atom. The molecular weight excluding hydrogens is 508 g/mol. The van der Waals surface area contributed by atoms with Gasteiger partial charge >= 0.3 is 0 Å². The van der Waals surface area contributed by atoms with Gasteiger partial charge in [0.05, 0.1) is 31.5 Å². The number of methoxy groups -OCH3 is 2. The molecule has 1 aromatic heterocycles. The van der Waals surface area contributed by atoms with E-state index in [9.17, 15) is 13.2 Å². The smallest absolute Gasteiger partial charge is 0.260 e. The Kier molecular flexibility index (Phi) is 6.06. The summed E-state index contributed by atoms with van der Waals surface area (Å²) >= 11 is 0. The lowest BCUT2D eigenvalue weighted by Gasteiger charge is -2.34. The number of anilines is 2. The minimum Gasteiger partial charge on any atom is -0.497 e. The third-order valence-electron chi connectivity index (χ3n) is 8.83. The molecule has 3 heterocycles. The maximum Gasteiger partial charge on any atom is 0.260 e. The number of pyridine rings is 1. The van der Waals surface area contributed by atoms with Gasteiger partial charge < -0.3 is 20.1 Å². The quantitative estimate of drug-likeness (QED) is 0.414. The second-order valence-corrected chi connectivity index (χ2v) is 13.0. The van der Waals surface area contributed by atoms with Gasteiger partial charge in [0.2, 0.25) is 11.8 Å². The number of fused-ring (bicyclic) bond motifs is 3. The summed E-state index contributed by atoms with van der Waals surface area (Å²) in [5.41, 5.74) is 9.01. The number of ether oxygens (including phenoxy) is 2. The molecule has 4 aliphatic rings. The van der Waals surface area contributed by atoms with Gasteiger partial charge in [0.25, 0.3) is 10.0 Å². The van der Waals surface area contributed by atoms with Crippen LogP contribution in [0.5, 0.6) is 11.6 Å². The van der Waals surface area contributed by atoms with Crippen LogP contribution < -0.4 is 31.0 Å². The van der Waals surface area contributed by atoms with E-state index in [0.717, 1.165) is 47.0 Å². The number of hydrazine groups is 1. The fourth-order valence-electron chi connectivity index (χ4n) is 6.70. The molecule has 2 aromatic rings. The van der Waals surface area contributed by atoms with Gasteiger partial charge in [-0.25, -0.2) is 18.1 Å². The number of hydrogen-bond acceptors (Lipinski definition) is 9.